The Morgan fingerprint density at radius 3 is 1.37 bits per heavy atom. The van der Waals surface area contributed by atoms with Crippen LogP contribution in [0.15, 0.2) is 12.2 Å². The number of hydrogen-bond donors (Lipinski definition) is 6. The van der Waals surface area contributed by atoms with E-state index < -0.39 is 49.5 Å². The molecular formula is C48H93NO8. The Balaban J connectivity index is 2.17. The van der Waals surface area contributed by atoms with E-state index in [4.69, 9.17) is 9.47 Å². The van der Waals surface area contributed by atoms with Crippen molar-refractivity contribution in [1.82, 2.24) is 5.32 Å². The number of aliphatic hydroxyl groups is 5. The minimum absolute atomic E-state index is 0.175. The van der Waals surface area contributed by atoms with Gasteiger partial charge in [-0.05, 0) is 19.3 Å². The molecule has 0 spiro atoms. The Hall–Kier alpha value is -1.07. The van der Waals surface area contributed by atoms with E-state index in [1.807, 2.05) is 6.08 Å². The van der Waals surface area contributed by atoms with Crippen LogP contribution < -0.4 is 5.32 Å². The van der Waals surface area contributed by atoms with Crippen LogP contribution in [0.2, 0.25) is 0 Å². The lowest BCUT2D eigenvalue weighted by atomic mass is 9.99. The van der Waals surface area contributed by atoms with Gasteiger partial charge in [-0.15, -0.1) is 0 Å². The highest BCUT2D eigenvalue weighted by molar-refractivity contribution is 5.76. The Bertz CT molecular complexity index is 904. The maximum atomic E-state index is 12.9. The van der Waals surface area contributed by atoms with Gasteiger partial charge in [0, 0.05) is 6.42 Å². The third-order valence-electron chi connectivity index (χ3n) is 11.9. The van der Waals surface area contributed by atoms with Gasteiger partial charge in [0.25, 0.3) is 0 Å². The van der Waals surface area contributed by atoms with Crippen molar-refractivity contribution in [1.29, 1.82) is 0 Å². The molecule has 1 aliphatic heterocycles. The first-order valence-corrected chi connectivity index (χ1v) is 24.4. The van der Waals surface area contributed by atoms with E-state index in [2.05, 4.69) is 19.2 Å². The van der Waals surface area contributed by atoms with Crippen LogP contribution in [0, 0.1) is 0 Å². The highest BCUT2D eigenvalue weighted by Gasteiger charge is 2.44. The van der Waals surface area contributed by atoms with Crippen LogP contribution in [-0.2, 0) is 14.3 Å². The summed E-state index contributed by atoms with van der Waals surface area (Å²) < 4.78 is 11.2. The van der Waals surface area contributed by atoms with Gasteiger partial charge in [0.1, 0.15) is 24.4 Å². The predicted octanol–water partition coefficient (Wildman–Crippen LogP) is 10.5. The van der Waals surface area contributed by atoms with E-state index in [9.17, 15) is 30.3 Å². The molecule has 1 aliphatic rings. The molecule has 0 aliphatic carbocycles. The summed E-state index contributed by atoms with van der Waals surface area (Å²) in [5, 5.41) is 54.0. The monoisotopic (exact) mass is 812 g/mol. The number of hydrogen-bond acceptors (Lipinski definition) is 8. The van der Waals surface area contributed by atoms with Crippen LogP contribution in [0.4, 0.5) is 0 Å². The summed E-state index contributed by atoms with van der Waals surface area (Å²) >= 11 is 0. The van der Waals surface area contributed by atoms with Crippen molar-refractivity contribution in [3.05, 3.63) is 12.2 Å². The largest absolute Gasteiger partial charge is 0.394 e. The molecule has 338 valence electrons. The highest BCUT2D eigenvalue weighted by atomic mass is 16.7. The van der Waals surface area contributed by atoms with Crippen molar-refractivity contribution in [3.8, 4) is 0 Å². The van der Waals surface area contributed by atoms with Crippen LogP contribution >= 0.6 is 0 Å². The molecule has 9 nitrogen and oxygen atoms in total. The van der Waals surface area contributed by atoms with Crippen LogP contribution in [0.25, 0.3) is 0 Å². The SMILES string of the molecule is CCCCCCCCC/C=C/C(O)C(COC1OC(CO)C(O)C(O)C1O)NC(=O)CCCCCCCCCCCCCCCCCCCCCCCCCCC. The number of nitrogens with one attached hydrogen (secondary N) is 1. The number of aliphatic hydroxyl groups excluding tert-OH is 5. The van der Waals surface area contributed by atoms with Gasteiger partial charge in [0.2, 0.25) is 5.91 Å². The summed E-state index contributed by atoms with van der Waals surface area (Å²) in [7, 11) is 0. The summed E-state index contributed by atoms with van der Waals surface area (Å²) in [6.07, 6.45) is 38.6. The minimum atomic E-state index is -1.56. The van der Waals surface area contributed by atoms with Gasteiger partial charge < -0.3 is 40.3 Å². The average molecular weight is 812 g/mol. The second kappa shape index (κ2) is 39.1. The zero-order valence-electron chi connectivity index (χ0n) is 37.1. The van der Waals surface area contributed by atoms with E-state index in [0.29, 0.717) is 6.42 Å². The molecular weight excluding hydrogens is 719 g/mol. The molecule has 0 bridgehead atoms. The van der Waals surface area contributed by atoms with Crippen molar-refractivity contribution < 1.29 is 39.8 Å². The molecule has 0 aromatic carbocycles. The first-order chi connectivity index (χ1) is 27.8. The van der Waals surface area contributed by atoms with Crippen molar-refractivity contribution in [2.45, 2.75) is 275 Å². The summed E-state index contributed by atoms with van der Waals surface area (Å²) in [5.41, 5.74) is 0. The Kier molecular flexibility index (Phi) is 37.0. The van der Waals surface area contributed by atoms with E-state index >= 15 is 0 Å². The predicted molar refractivity (Wildman–Crippen MR) is 235 cm³/mol. The third kappa shape index (κ3) is 29.7. The van der Waals surface area contributed by atoms with E-state index in [1.54, 1.807) is 6.08 Å². The first kappa shape index (κ1) is 53.9. The Morgan fingerprint density at radius 2 is 0.965 bits per heavy atom. The standard InChI is InChI=1S/C48H93NO8/c1-3-5-7-9-11-13-14-15-16-17-18-19-20-21-22-23-24-25-26-27-28-30-32-34-36-38-44(52)49-41(42(51)37-35-33-31-29-12-10-8-6-4-2)40-56-48-47(55)46(54)45(53)43(39-50)57-48/h35,37,41-43,45-48,50-51,53-55H,3-34,36,38-40H2,1-2H3,(H,49,52)/b37-35+. The van der Waals surface area contributed by atoms with E-state index in [0.717, 1.165) is 38.5 Å². The zero-order valence-corrected chi connectivity index (χ0v) is 37.1. The molecule has 0 radical (unpaired) electrons. The molecule has 6 N–H and O–H groups in total. The number of rotatable bonds is 41. The van der Waals surface area contributed by atoms with Gasteiger partial charge in [-0.25, -0.2) is 0 Å². The number of ether oxygens (including phenoxy) is 2. The normalized spacial score (nSPS) is 21.0. The molecule has 1 amide bonds. The fourth-order valence-corrected chi connectivity index (χ4v) is 7.92. The van der Waals surface area contributed by atoms with Crippen LogP contribution in [0.1, 0.15) is 232 Å². The quantitative estimate of drug-likeness (QED) is 0.0264. The maximum absolute atomic E-state index is 12.9. The maximum Gasteiger partial charge on any atom is 0.220 e. The fraction of sp³-hybridized carbons (Fsp3) is 0.938. The number of unbranched alkanes of at least 4 members (excludes halogenated alkanes) is 31. The lowest BCUT2D eigenvalue weighted by Gasteiger charge is -2.40. The Morgan fingerprint density at radius 1 is 0.579 bits per heavy atom. The molecule has 7 unspecified atom stereocenters. The number of allylic oxidation sites excluding steroid dienone is 1. The third-order valence-corrected chi connectivity index (χ3v) is 11.9. The molecule has 1 saturated heterocycles. The van der Waals surface area contributed by atoms with Crippen LogP contribution in [0.5, 0.6) is 0 Å². The Labute approximate surface area is 350 Å². The molecule has 0 aromatic rings. The lowest BCUT2D eigenvalue weighted by Crippen LogP contribution is -2.60. The summed E-state index contributed by atoms with van der Waals surface area (Å²) in [4.78, 5) is 12.9. The van der Waals surface area contributed by atoms with Gasteiger partial charge >= 0.3 is 0 Å². The number of amides is 1. The van der Waals surface area contributed by atoms with Gasteiger partial charge in [0.15, 0.2) is 6.29 Å². The van der Waals surface area contributed by atoms with Crippen molar-refractivity contribution in [2.24, 2.45) is 0 Å². The van der Waals surface area contributed by atoms with Gasteiger partial charge in [-0.2, -0.15) is 0 Å². The van der Waals surface area contributed by atoms with E-state index in [-0.39, 0.29) is 12.5 Å². The second-order valence-corrected chi connectivity index (χ2v) is 17.3. The highest BCUT2D eigenvalue weighted by Crippen LogP contribution is 2.23. The number of carbonyl (C=O) groups excluding carboxylic acids is 1. The smallest absolute Gasteiger partial charge is 0.220 e. The van der Waals surface area contributed by atoms with E-state index in [1.165, 1.54) is 173 Å². The first-order valence-electron chi connectivity index (χ1n) is 24.4. The minimum Gasteiger partial charge on any atom is -0.394 e. The average Bonchev–Trinajstić information content (AvgIpc) is 3.21. The summed E-state index contributed by atoms with van der Waals surface area (Å²) in [6.45, 7) is 3.76. The molecule has 7 atom stereocenters. The summed E-state index contributed by atoms with van der Waals surface area (Å²) in [6, 6.07) is -0.797. The summed E-state index contributed by atoms with van der Waals surface area (Å²) in [5.74, 6) is -0.175. The molecule has 1 heterocycles. The zero-order chi connectivity index (χ0) is 41.6. The van der Waals surface area contributed by atoms with Gasteiger partial charge in [-0.3, -0.25) is 4.79 Å². The molecule has 9 heteroatoms. The van der Waals surface area contributed by atoms with Crippen molar-refractivity contribution >= 4 is 5.91 Å². The molecule has 0 aromatic heterocycles. The topological polar surface area (TPSA) is 149 Å². The van der Waals surface area contributed by atoms with Crippen molar-refractivity contribution in [3.63, 3.8) is 0 Å². The fourth-order valence-electron chi connectivity index (χ4n) is 7.92. The van der Waals surface area contributed by atoms with Crippen LogP contribution in [0.3, 0.4) is 0 Å². The molecule has 57 heavy (non-hydrogen) atoms. The lowest BCUT2D eigenvalue weighted by molar-refractivity contribution is -0.302. The van der Waals surface area contributed by atoms with Crippen LogP contribution in [-0.4, -0.2) is 87.5 Å². The molecule has 0 saturated carbocycles. The molecule has 1 rings (SSSR count). The second-order valence-electron chi connectivity index (χ2n) is 17.3. The van der Waals surface area contributed by atoms with Gasteiger partial charge in [0.05, 0.1) is 25.4 Å². The number of carbonyl (C=O) groups is 1. The van der Waals surface area contributed by atoms with Crippen molar-refractivity contribution in [2.75, 3.05) is 13.2 Å². The molecule has 1 fully saturated rings. The van der Waals surface area contributed by atoms with Gasteiger partial charge in [-0.1, -0.05) is 219 Å².